The molecule has 0 aromatic carbocycles. The molecule has 20 heavy (non-hydrogen) atoms. The van der Waals surface area contributed by atoms with E-state index in [1.54, 1.807) is 11.9 Å². The topological polar surface area (TPSA) is 98.7 Å². The number of likely N-dealkylation sites (N-methyl/N-ethyl adjacent to an activating group) is 1. The third-order valence-electron chi connectivity index (χ3n) is 3.55. The van der Waals surface area contributed by atoms with Gasteiger partial charge in [-0.05, 0) is 12.3 Å². The van der Waals surface area contributed by atoms with Gasteiger partial charge in [0.2, 0.25) is 5.91 Å². The Kier molecular flexibility index (Phi) is 6.27. The van der Waals surface area contributed by atoms with Crippen LogP contribution >= 0.6 is 0 Å². The molecule has 7 heteroatoms. The summed E-state index contributed by atoms with van der Waals surface area (Å²) in [6, 6.07) is -0.348. The second-order valence-electron chi connectivity index (χ2n) is 5.24. The Labute approximate surface area is 118 Å². The molecule has 0 spiro atoms. The van der Waals surface area contributed by atoms with Gasteiger partial charge >= 0.3 is 12.0 Å². The summed E-state index contributed by atoms with van der Waals surface area (Å²) in [5.74, 6) is -0.823. The molecule has 1 aliphatic heterocycles. The summed E-state index contributed by atoms with van der Waals surface area (Å²) in [4.78, 5) is 35.3. The fourth-order valence-electron chi connectivity index (χ4n) is 2.21. The molecule has 3 amide bonds. The van der Waals surface area contributed by atoms with Crippen molar-refractivity contribution >= 4 is 17.9 Å². The SMILES string of the molecule is CCC(CNC(=O)NC1CCC(=O)N(C)C1)CC(=O)O. The first-order chi connectivity index (χ1) is 9.42. The van der Waals surface area contributed by atoms with Gasteiger partial charge in [-0.3, -0.25) is 9.59 Å². The molecule has 0 aliphatic carbocycles. The zero-order valence-electron chi connectivity index (χ0n) is 12.0. The summed E-state index contributed by atoms with van der Waals surface area (Å²) < 4.78 is 0. The third-order valence-corrected chi connectivity index (χ3v) is 3.55. The third kappa shape index (κ3) is 5.46. The van der Waals surface area contributed by atoms with Crippen molar-refractivity contribution in [3.63, 3.8) is 0 Å². The van der Waals surface area contributed by atoms with Crippen LogP contribution in [0.15, 0.2) is 0 Å². The van der Waals surface area contributed by atoms with Crippen LogP contribution < -0.4 is 10.6 Å². The lowest BCUT2D eigenvalue weighted by Gasteiger charge is -2.30. The smallest absolute Gasteiger partial charge is 0.315 e. The lowest BCUT2D eigenvalue weighted by Crippen LogP contribution is -2.51. The quantitative estimate of drug-likeness (QED) is 0.658. The van der Waals surface area contributed by atoms with Gasteiger partial charge in [0.1, 0.15) is 0 Å². The van der Waals surface area contributed by atoms with Crippen molar-refractivity contribution in [1.29, 1.82) is 0 Å². The van der Waals surface area contributed by atoms with E-state index >= 15 is 0 Å². The fraction of sp³-hybridized carbons (Fsp3) is 0.769. The van der Waals surface area contributed by atoms with E-state index in [1.165, 1.54) is 0 Å². The van der Waals surface area contributed by atoms with Crippen molar-refractivity contribution in [1.82, 2.24) is 15.5 Å². The van der Waals surface area contributed by atoms with Gasteiger partial charge in [-0.25, -0.2) is 4.79 Å². The van der Waals surface area contributed by atoms with Crippen LogP contribution in [0.1, 0.15) is 32.6 Å². The van der Waals surface area contributed by atoms with E-state index < -0.39 is 5.97 Å². The van der Waals surface area contributed by atoms with E-state index in [4.69, 9.17) is 5.11 Å². The van der Waals surface area contributed by atoms with E-state index in [-0.39, 0.29) is 30.3 Å². The highest BCUT2D eigenvalue weighted by atomic mass is 16.4. The van der Waals surface area contributed by atoms with Crippen molar-refractivity contribution in [2.75, 3.05) is 20.1 Å². The van der Waals surface area contributed by atoms with E-state index in [0.29, 0.717) is 32.4 Å². The Morgan fingerprint density at radius 1 is 1.50 bits per heavy atom. The maximum Gasteiger partial charge on any atom is 0.315 e. The number of hydrogen-bond donors (Lipinski definition) is 3. The molecular weight excluding hydrogens is 262 g/mol. The molecule has 1 saturated heterocycles. The van der Waals surface area contributed by atoms with Gasteiger partial charge in [-0.15, -0.1) is 0 Å². The van der Waals surface area contributed by atoms with Crippen LogP contribution in [0.25, 0.3) is 0 Å². The van der Waals surface area contributed by atoms with Gasteiger partial charge in [0.05, 0.1) is 0 Å². The standard InChI is InChI=1S/C13H23N3O4/c1-3-9(6-12(18)19)7-14-13(20)15-10-4-5-11(17)16(2)8-10/h9-10H,3-8H2,1-2H3,(H,18,19)(H2,14,15,20). The monoisotopic (exact) mass is 285 g/mol. The van der Waals surface area contributed by atoms with Gasteiger partial charge < -0.3 is 20.6 Å². The summed E-state index contributed by atoms with van der Waals surface area (Å²) >= 11 is 0. The number of carbonyl (C=O) groups is 3. The number of urea groups is 1. The predicted octanol–water partition coefficient (Wildman–Crippen LogP) is 0.407. The molecule has 1 rings (SSSR count). The number of likely N-dealkylation sites (tertiary alicyclic amines) is 1. The zero-order chi connectivity index (χ0) is 15.1. The largest absolute Gasteiger partial charge is 0.481 e. The number of rotatable bonds is 6. The van der Waals surface area contributed by atoms with E-state index in [0.717, 1.165) is 0 Å². The molecule has 0 bridgehead atoms. The van der Waals surface area contributed by atoms with E-state index in [1.807, 2.05) is 6.92 Å². The van der Waals surface area contributed by atoms with Crippen LogP contribution in [0, 0.1) is 5.92 Å². The molecular formula is C13H23N3O4. The molecule has 1 aliphatic rings. The Balaban J connectivity index is 2.29. The van der Waals surface area contributed by atoms with Crippen molar-refractivity contribution < 1.29 is 19.5 Å². The predicted molar refractivity (Wildman–Crippen MR) is 73.2 cm³/mol. The highest BCUT2D eigenvalue weighted by Gasteiger charge is 2.24. The molecule has 0 aromatic heterocycles. The summed E-state index contributed by atoms with van der Waals surface area (Å²) in [6.45, 7) is 2.75. The van der Waals surface area contributed by atoms with Crippen molar-refractivity contribution in [3.8, 4) is 0 Å². The first-order valence-corrected chi connectivity index (χ1v) is 6.92. The molecule has 3 N–H and O–H groups in total. The number of hydrogen-bond acceptors (Lipinski definition) is 3. The molecule has 7 nitrogen and oxygen atoms in total. The second kappa shape index (κ2) is 7.72. The minimum absolute atomic E-state index is 0.0442. The van der Waals surface area contributed by atoms with Gasteiger partial charge in [-0.2, -0.15) is 0 Å². The number of piperidine rings is 1. The van der Waals surface area contributed by atoms with Gasteiger partial charge in [0, 0.05) is 39.0 Å². The summed E-state index contributed by atoms with van der Waals surface area (Å²) in [6.07, 6.45) is 1.84. The number of nitrogens with one attached hydrogen (secondary N) is 2. The van der Waals surface area contributed by atoms with Gasteiger partial charge in [0.15, 0.2) is 0 Å². The van der Waals surface area contributed by atoms with Crippen LogP contribution in [0.4, 0.5) is 4.79 Å². The summed E-state index contributed by atoms with van der Waals surface area (Å²) in [5, 5.41) is 14.2. The summed E-state index contributed by atoms with van der Waals surface area (Å²) in [7, 11) is 1.72. The van der Waals surface area contributed by atoms with Crippen LogP contribution in [-0.4, -0.2) is 54.1 Å². The molecule has 2 atom stereocenters. The average Bonchev–Trinajstić information content (AvgIpc) is 2.38. The molecule has 1 fully saturated rings. The molecule has 1 heterocycles. The fourth-order valence-corrected chi connectivity index (χ4v) is 2.21. The number of carbonyl (C=O) groups excluding carboxylic acids is 2. The highest BCUT2D eigenvalue weighted by Crippen LogP contribution is 2.10. The maximum absolute atomic E-state index is 11.7. The Hall–Kier alpha value is -1.79. The van der Waals surface area contributed by atoms with Crippen LogP contribution in [0.3, 0.4) is 0 Å². The van der Waals surface area contributed by atoms with Crippen molar-refractivity contribution in [2.45, 2.75) is 38.6 Å². The average molecular weight is 285 g/mol. The van der Waals surface area contributed by atoms with Gasteiger partial charge in [-0.1, -0.05) is 13.3 Å². The molecule has 0 radical (unpaired) electrons. The minimum atomic E-state index is -0.855. The van der Waals surface area contributed by atoms with Crippen molar-refractivity contribution in [3.05, 3.63) is 0 Å². The van der Waals surface area contributed by atoms with Crippen molar-refractivity contribution in [2.24, 2.45) is 5.92 Å². The van der Waals surface area contributed by atoms with E-state index in [2.05, 4.69) is 10.6 Å². The zero-order valence-corrected chi connectivity index (χ0v) is 12.0. The molecule has 114 valence electrons. The lowest BCUT2D eigenvalue weighted by atomic mass is 10.0. The second-order valence-corrected chi connectivity index (χ2v) is 5.24. The number of aliphatic carboxylic acids is 1. The minimum Gasteiger partial charge on any atom is -0.481 e. The highest BCUT2D eigenvalue weighted by molar-refractivity contribution is 5.78. The van der Waals surface area contributed by atoms with Gasteiger partial charge in [0.25, 0.3) is 0 Å². The number of carboxylic acid groups (broad SMARTS) is 1. The molecule has 0 saturated carbocycles. The number of carboxylic acids is 1. The first-order valence-electron chi connectivity index (χ1n) is 6.92. The summed E-state index contributed by atoms with van der Waals surface area (Å²) in [5.41, 5.74) is 0. The normalized spacial score (nSPS) is 20.4. The van der Waals surface area contributed by atoms with Crippen LogP contribution in [0.5, 0.6) is 0 Å². The molecule has 2 unspecified atom stereocenters. The Bertz CT molecular complexity index is 373. The van der Waals surface area contributed by atoms with E-state index in [9.17, 15) is 14.4 Å². The molecule has 0 aromatic rings. The maximum atomic E-state index is 11.7. The van der Waals surface area contributed by atoms with Crippen LogP contribution in [-0.2, 0) is 9.59 Å². The number of nitrogens with zero attached hydrogens (tertiary/aromatic N) is 1. The lowest BCUT2D eigenvalue weighted by molar-refractivity contribution is -0.138. The Morgan fingerprint density at radius 3 is 2.75 bits per heavy atom. The Morgan fingerprint density at radius 2 is 2.20 bits per heavy atom. The van der Waals surface area contributed by atoms with Crippen LogP contribution in [0.2, 0.25) is 0 Å². The first kappa shape index (κ1) is 16.3. The number of amides is 3.